The van der Waals surface area contributed by atoms with Crippen molar-refractivity contribution in [3.63, 3.8) is 0 Å². The first-order valence-electron chi connectivity index (χ1n) is 7.30. The Balaban J connectivity index is 1.46. The van der Waals surface area contributed by atoms with Crippen molar-refractivity contribution in [3.05, 3.63) is 58.2 Å². The molecule has 1 aromatic carbocycles. The van der Waals surface area contributed by atoms with Gasteiger partial charge in [-0.1, -0.05) is 23.5 Å². The summed E-state index contributed by atoms with van der Waals surface area (Å²) >= 11 is 2.85. The number of carboxylic acid groups (broad SMARTS) is 1. The van der Waals surface area contributed by atoms with E-state index >= 15 is 0 Å². The Bertz CT molecular complexity index is 1010. The molecular formula is C16H11N5O2S2. The molecular weight excluding hydrogens is 358 g/mol. The number of benzene rings is 1. The van der Waals surface area contributed by atoms with E-state index in [-0.39, 0.29) is 5.69 Å². The number of aromatic carboxylic acids is 1. The molecule has 0 amide bonds. The Morgan fingerprint density at radius 3 is 2.72 bits per heavy atom. The summed E-state index contributed by atoms with van der Waals surface area (Å²) in [6.07, 6.45) is 0.451. The zero-order chi connectivity index (χ0) is 17.2. The summed E-state index contributed by atoms with van der Waals surface area (Å²) in [6.45, 7) is 0. The number of thiazole rings is 2. The number of para-hydroxylation sites is 1. The van der Waals surface area contributed by atoms with Gasteiger partial charge in [-0.2, -0.15) is 5.10 Å². The van der Waals surface area contributed by atoms with Crippen molar-refractivity contribution >= 4 is 49.8 Å². The molecule has 0 bridgehead atoms. The topological polar surface area (TPSA) is 101 Å². The summed E-state index contributed by atoms with van der Waals surface area (Å²) in [5, 5.41) is 23.3. The van der Waals surface area contributed by atoms with Gasteiger partial charge < -0.3 is 10.4 Å². The van der Waals surface area contributed by atoms with E-state index in [4.69, 9.17) is 5.11 Å². The number of fused-ring (bicyclic) bond motifs is 1. The molecule has 0 atom stereocenters. The van der Waals surface area contributed by atoms with E-state index in [2.05, 4.69) is 25.5 Å². The first kappa shape index (κ1) is 15.6. The fourth-order valence-electron chi connectivity index (χ4n) is 2.20. The van der Waals surface area contributed by atoms with Crippen molar-refractivity contribution < 1.29 is 9.90 Å². The summed E-state index contributed by atoms with van der Waals surface area (Å²) in [4.78, 5) is 19.4. The van der Waals surface area contributed by atoms with Crippen LogP contribution in [-0.4, -0.2) is 31.2 Å². The second kappa shape index (κ2) is 6.54. The van der Waals surface area contributed by atoms with E-state index in [9.17, 15) is 4.79 Å². The molecule has 0 aliphatic rings. The number of carbonyl (C=O) groups is 1. The highest BCUT2D eigenvalue weighted by Gasteiger charge is 2.10. The fraction of sp³-hybridized carbons (Fsp3) is 0.0625. The Morgan fingerprint density at radius 1 is 1.12 bits per heavy atom. The van der Waals surface area contributed by atoms with E-state index < -0.39 is 5.97 Å². The van der Waals surface area contributed by atoms with Gasteiger partial charge in [0.25, 0.3) is 0 Å². The molecule has 0 spiro atoms. The van der Waals surface area contributed by atoms with Crippen molar-refractivity contribution in [2.24, 2.45) is 0 Å². The predicted molar refractivity (Wildman–Crippen MR) is 96.8 cm³/mol. The Labute approximate surface area is 150 Å². The lowest BCUT2D eigenvalue weighted by Gasteiger charge is -2.01. The minimum absolute atomic E-state index is 0.0575. The summed E-state index contributed by atoms with van der Waals surface area (Å²) in [7, 11) is 0. The summed E-state index contributed by atoms with van der Waals surface area (Å²) in [5.74, 6) is -0.419. The van der Waals surface area contributed by atoms with Gasteiger partial charge in [0.2, 0.25) is 0 Å². The number of rotatable bonds is 5. The van der Waals surface area contributed by atoms with Crippen LogP contribution in [0.3, 0.4) is 0 Å². The molecule has 4 rings (SSSR count). The van der Waals surface area contributed by atoms with Crippen molar-refractivity contribution in [1.82, 2.24) is 20.2 Å². The third-order valence-electron chi connectivity index (χ3n) is 3.35. The van der Waals surface area contributed by atoms with Crippen LogP contribution in [0.2, 0.25) is 0 Å². The maximum atomic E-state index is 10.9. The average Bonchev–Trinajstić information content (AvgIpc) is 3.23. The summed E-state index contributed by atoms with van der Waals surface area (Å²) < 4.78 is 1.10. The van der Waals surface area contributed by atoms with E-state index in [1.54, 1.807) is 11.3 Å². The number of carboxylic acids is 1. The van der Waals surface area contributed by atoms with Crippen molar-refractivity contribution in [2.45, 2.75) is 6.42 Å². The van der Waals surface area contributed by atoms with Crippen LogP contribution < -0.4 is 5.32 Å². The van der Waals surface area contributed by atoms with Gasteiger partial charge in [0.15, 0.2) is 16.6 Å². The molecule has 124 valence electrons. The Morgan fingerprint density at radius 2 is 2.00 bits per heavy atom. The van der Waals surface area contributed by atoms with Gasteiger partial charge >= 0.3 is 5.97 Å². The number of nitrogens with one attached hydrogen (secondary N) is 1. The second-order valence-electron chi connectivity index (χ2n) is 5.13. The van der Waals surface area contributed by atoms with E-state index in [0.29, 0.717) is 17.2 Å². The van der Waals surface area contributed by atoms with Crippen LogP contribution in [0.4, 0.5) is 10.9 Å². The number of hydrogen-bond donors (Lipinski definition) is 2. The average molecular weight is 369 g/mol. The Hall–Kier alpha value is -2.91. The molecule has 9 heteroatoms. The highest BCUT2D eigenvalue weighted by molar-refractivity contribution is 7.22. The van der Waals surface area contributed by atoms with Crippen LogP contribution in [0.1, 0.15) is 21.2 Å². The molecule has 0 unspecified atom stereocenters. The quantitative estimate of drug-likeness (QED) is 0.554. The van der Waals surface area contributed by atoms with Crippen LogP contribution in [0.25, 0.3) is 10.2 Å². The minimum Gasteiger partial charge on any atom is -0.476 e. The third-order valence-corrected chi connectivity index (χ3v) is 5.15. The molecule has 25 heavy (non-hydrogen) atoms. The first-order chi connectivity index (χ1) is 12.2. The van der Waals surface area contributed by atoms with Crippen LogP contribution >= 0.6 is 22.7 Å². The van der Waals surface area contributed by atoms with Crippen molar-refractivity contribution in [1.29, 1.82) is 0 Å². The second-order valence-corrected chi connectivity index (χ2v) is 7.10. The molecule has 0 aliphatic heterocycles. The summed E-state index contributed by atoms with van der Waals surface area (Å²) in [6, 6.07) is 11.6. The highest BCUT2D eigenvalue weighted by atomic mass is 32.1. The van der Waals surface area contributed by atoms with Crippen LogP contribution in [0.15, 0.2) is 41.8 Å². The van der Waals surface area contributed by atoms with Crippen LogP contribution in [0, 0.1) is 0 Å². The molecule has 0 fully saturated rings. The zero-order valence-corrected chi connectivity index (χ0v) is 14.3. The van der Waals surface area contributed by atoms with E-state index in [1.807, 2.05) is 36.4 Å². The van der Waals surface area contributed by atoms with Crippen LogP contribution in [0.5, 0.6) is 0 Å². The monoisotopic (exact) mass is 369 g/mol. The lowest BCUT2D eigenvalue weighted by molar-refractivity contribution is 0.0691. The molecule has 7 nitrogen and oxygen atoms in total. The molecule has 4 aromatic rings. The molecule has 0 aliphatic carbocycles. The molecule has 0 saturated carbocycles. The number of nitrogens with zero attached hydrogens (tertiary/aromatic N) is 4. The van der Waals surface area contributed by atoms with Gasteiger partial charge in [-0.3, -0.25) is 0 Å². The van der Waals surface area contributed by atoms with Crippen molar-refractivity contribution in [3.8, 4) is 0 Å². The van der Waals surface area contributed by atoms with Gasteiger partial charge in [0, 0.05) is 11.8 Å². The minimum atomic E-state index is -1.02. The number of anilines is 2. The fourth-order valence-corrected chi connectivity index (χ4v) is 3.86. The molecule has 2 N–H and O–H groups in total. The SMILES string of the molecule is O=C(O)c1csc(Cc2ccc(Nc3nc4ccccc4s3)nn2)n1. The van der Waals surface area contributed by atoms with Gasteiger partial charge in [-0.05, 0) is 24.3 Å². The number of hydrogen-bond acceptors (Lipinski definition) is 8. The van der Waals surface area contributed by atoms with Crippen LogP contribution in [-0.2, 0) is 6.42 Å². The molecule has 0 saturated heterocycles. The van der Waals surface area contributed by atoms with Gasteiger partial charge in [-0.25, -0.2) is 14.8 Å². The molecule has 0 radical (unpaired) electrons. The summed E-state index contributed by atoms with van der Waals surface area (Å²) in [5.41, 5.74) is 1.72. The normalized spacial score (nSPS) is 10.9. The smallest absolute Gasteiger partial charge is 0.355 e. The van der Waals surface area contributed by atoms with Crippen molar-refractivity contribution in [2.75, 3.05) is 5.32 Å². The number of aromatic nitrogens is 4. The molecule has 3 heterocycles. The largest absolute Gasteiger partial charge is 0.476 e. The maximum Gasteiger partial charge on any atom is 0.355 e. The Kier molecular flexibility index (Phi) is 4.08. The standard InChI is InChI=1S/C16H11N5O2S2/c22-15(23)11-8-24-14(17-11)7-9-5-6-13(21-20-9)19-16-18-10-3-1-2-4-12(10)25-16/h1-6,8H,7H2,(H,22,23)(H,18,19,21). The third kappa shape index (κ3) is 3.47. The van der Waals surface area contributed by atoms with Gasteiger partial charge in [0.1, 0.15) is 0 Å². The van der Waals surface area contributed by atoms with Gasteiger partial charge in [-0.15, -0.1) is 16.4 Å². The molecule has 3 aromatic heterocycles. The first-order valence-corrected chi connectivity index (χ1v) is 9.00. The zero-order valence-electron chi connectivity index (χ0n) is 12.7. The van der Waals surface area contributed by atoms with E-state index in [0.717, 1.165) is 21.0 Å². The lowest BCUT2D eigenvalue weighted by Crippen LogP contribution is -2.00. The van der Waals surface area contributed by atoms with E-state index in [1.165, 1.54) is 16.7 Å². The lowest BCUT2D eigenvalue weighted by atomic mass is 10.3. The van der Waals surface area contributed by atoms with Gasteiger partial charge in [0.05, 0.1) is 20.9 Å². The predicted octanol–water partition coefficient (Wildman–Crippen LogP) is 3.58. The highest BCUT2D eigenvalue weighted by Crippen LogP contribution is 2.27. The maximum absolute atomic E-state index is 10.9.